The average molecular weight is 319 g/mol. The molecule has 0 atom stereocenters. The van der Waals surface area contributed by atoms with Crippen LogP contribution in [0.5, 0.6) is 0 Å². The van der Waals surface area contributed by atoms with Crippen LogP contribution in [-0.4, -0.2) is 16.1 Å². The van der Waals surface area contributed by atoms with Crippen molar-refractivity contribution in [3.8, 4) is 11.7 Å². The number of rotatable bonds is 4. The molecule has 0 aliphatic heterocycles. The molecule has 1 N–H and O–H groups in total. The molecule has 0 unspecified atom stereocenters. The summed E-state index contributed by atoms with van der Waals surface area (Å²) in [4.78, 5) is 12.0. The number of aromatic nitrogens is 2. The van der Waals surface area contributed by atoms with E-state index in [1.165, 1.54) is 0 Å². The van der Waals surface area contributed by atoms with Crippen molar-refractivity contribution < 1.29 is 13.6 Å². The van der Waals surface area contributed by atoms with Gasteiger partial charge in [-0.25, -0.2) is 0 Å². The van der Waals surface area contributed by atoms with E-state index in [4.69, 9.17) is 8.83 Å². The molecule has 24 heavy (non-hydrogen) atoms. The molecule has 2 heterocycles. The molecule has 1 amide bonds. The lowest BCUT2D eigenvalue weighted by Gasteiger charge is -2.00. The number of fused-ring (bicyclic) bond motifs is 1. The van der Waals surface area contributed by atoms with Crippen LogP contribution in [0.1, 0.15) is 5.56 Å². The Morgan fingerprint density at radius 1 is 0.958 bits per heavy atom. The first-order valence-corrected chi connectivity index (χ1v) is 7.44. The molecule has 6 heteroatoms. The van der Waals surface area contributed by atoms with Crippen molar-refractivity contribution in [2.45, 2.75) is 6.42 Å². The molecule has 0 bridgehead atoms. The number of para-hydroxylation sites is 1. The molecule has 118 valence electrons. The van der Waals surface area contributed by atoms with Crippen molar-refractivity contribution in [3.63, 3.8) is 0 Å². The number of furan rings is 1. The van der Waals surface area contributed by atoms with Gasteiger partial charge in [-0.3, -0.25) is 10.1 Å². The molecule has 4 rings (SSSR count). The summed E-state index contributed by atoms with van der Waals surface area (Å²) >= 11 is 0. The number of carbonyl (C=O) groups excluding carboxylic acids is 1. The Kier molecular flexibility index (Phi) is 3.55. The van der Waals surface area contributed by atoms with Gasteiger partial charge in [0.25, 0.3) is 5.89 Å². The predicted octanol–water partition coefficient (Wildman–Crippen LogP) is 3.66. The normalized spacial score (nSPS) is 10.8. The van der Waals surface area contributed by atoms with Gasteiger partial charge < -0.3 is 8.83 Å². The minimum Gasteiger partial charge on any atom is -0.451 e. The van der Waals surface area contributed by atoms with Crippen LogP contribution in [0.25, 0.3) is 22.6 Å². The quantitative estimate of drug-likeness (QED) is 0.621. The van der Waals surface area contributed by atoms with E-state index in [2.05, 4.69) is 15.5 Å². The lowest BCUT2D eigenvalue weighted by atomic mass is 10.1. The summed E-state index contributed by atoms with van der Waals surface area (Å²) in [5.74, 6) is 0.467. The van der Waals surface area contributed by atoms with E-state index < -0.39 is 0 Å². The minimum atomic E-state index is -0.221. The molecule has 0 saturated heterocycles. The van der Waals surface area contributed by atoms with Crippen LogP contribution in [0, 0.1) is 0 Å². The summed E-state index contributed by atoms with van der Waals surface area (Å²) in [6, 6.07) is 18.9. The number of amides is 1. The molecule has 0 saturated carbocycles. The van der Waals surface area contributed by atoms with Gasteiger partial charge in [-0.15, -0.1) is 5.10 Å². The third-order valence-corrected chi connectivity index (χ3v) is 3.52. The van der Waals surface area contributed by atoms with E-state index in [1.807, 2.05) is 60.7 Å². The Hall–Kier alpha value is -3.41. The zero-order valence-corrected chi connectivity index (χ0v) is 12.6. The number of hydrogen-bond donors (Lipinski definition) is 1. The SMILES string of the molecule is O=C(Cc1ccccc1)Nc1nnc(-c2cc3ccccc3o2)o1. The molecule has 0 aliphatic rings. The molecule has 0 radical (unpaired) electrons. The van der Waals surface area contributed by atoms with E-state index in [0.717, 1.165) is 16.5 Å². The van der Waals surface area contributed by atoms with E-state index in [0.29, 0.717) is 5.76 Å². The number of nitrogens with zero attached hydrogens (tertiary/aromatic N) is 2. The Morgan fingerprint density at radius 3 is 2.58 bits per heavy atom. The van der Waals surface area contributed by atoms with E-state index in [-0.39, 0.29) is 24.2 Å². The lowest BCUT2D eigenvalue weighted by Crippen LogP contribution is -2.14. The number of hydrogen-bond acceptors (Lipinski definition) is 5. The van der Waals surface area contributed by atoms with E-state index >= 15 is 0 Å². The first-order valence-electron chi connectivity index (χ1n) is 7.44. The second-order valence-electron chi connectivity index (χ2n) is 5.27. The predicted molar refractivity (Wildman–Crippen MR) is 88.3 cm³/mol. The highest BCUT2D eigenvalue weighted by atomic mass is 16.4. The van der Waals surface area contributed by atoms with Crippen LogP contribution in [0.4, 0.5) is 6.01 Å². The summed E-state index contributed by atoms with van der Waals surface area (Å²) in [6.45, 7) is 0. The van der Waals surface area contributed by atoms with Crippen molar-refractivity contribution in [3.05, 3.63) is 66.2 Å². The average Bonchev–Trinajstić information content (AvgIpc) is 3.22. The fourth-order valence-electron chi connectivity index (χ4n) is 2.41. The van der Waals surface area contributed by atoms with Crippen LogP contribution in [0.2, 0.25) is 0 Å². The minimum absolute atomic E-state index is 0.0476. The monoisotopic (exact) mass is 319 g/mol. The van der Waals surface area contributed by atoms with Crippen LogP contribution < -0.4 is 5.32 Å². The van der Waals surface area contributed by atoms with Crippen molar-refractivity contribution in [1.29, 1.82) is 0 Å². The fraction of sp³-hybridized carbons (Fsp3) is 0.0556. The fourth-order valence-corrected chi connectivity index (χ4v) is 2.41. The van der Waals surface area contributed by atoms with Crippen molar-refractivity contribution in [2.75, 3.05) is 5.32 Å². The largest absolute Gasteiger partial charge is 0.451 e. The van der Waals surface area contributed by atoms with Crippen LogP contribution >= 0.6 is 0 Å². The van der Waals surface area contributed by atoms with E-state index in [1.54, 1.807) is 0 Å². The van der Waals surface area contributed by atoms with Gasteiger partial charge in [-0.2, -0.15) is 0 Å². The highest BCUT2D eigenvalue weighted by Gasteiger charge is 2.15. The zero-order chi connectivity index (χ0) is 16.4. The van der Waals surface area contributed by atoms with Gasteiger partial charge in [-0.1, -0.05) is 53.6 Å². The molecule has 2 aromatic carbocycles. The van der Waals surface area contributed by atoms with Crippen molar-refractivity contribution in [2.24, 2.45) is 0 Å². The number of carbonyl (C=O) groups is 1. The molecular formula is C18H13N3O3. The van der Waals surface area contributed by atoms with Crippen LogP contribution in [0.3, 0.4) is 0 Å². The maximum atomic E-state index is 12.0. The maximum absolute atomic E-state index is 12.0. The topological polar surface area (TPSA) is 81.2 Å². The van der Waals surface area contributed by atoms with E-state index in [9.17, 15) is 4.79 Å². The van der Waals surface area contributed by atoms with Gasteiger partial charge in [0.05, 0.1) is 6.42 Å². The van der Waals surface area contributed by atoms with Gasteiger partial charge in [0.1, 0.15) is 5.58 Å². The van der Waals surface area contributed by atoms with Crippen LogP contribution in [0.15, 0.2) is 69.5 Å². The summed E-state index contributed by atoms with van der Waals surface area (Å²) in [7, 11) is 0. The summed E-state index contributed by atoms with van der Waals surface area (Å²) in [6.07, 6.45) is 0.239. The highest BCUT2D eigenvalue weighted by molar-refractivity contribution is 5.90. The van der Waals surface area contributed by atoms with Crippen LogP contribution in [-0.2, 0) is 11.2 Å². The van der Waals surface area contributed by atoms with Gasteiger partial charge in [0, 0.05) is 5.39 Å². The van der Waals surface area contributed by atoms with Gasteiger partial charge >= 0.3 is 6.01 Å². The Labute approximate surface area is 137 Å². The second-order valence-corrected chi connectivity index (χ2v) is 5.27. The summed E-state index contributed by atoms with van der Waals surface area (Å²) < 4.78 is 11.1. The number of nitrogens with one attached hydrogen (secondary N) is 1. The molecule has 0 spiro atoms. The molecule has 0 fully saturated rings. The Balaban J connectivity index is 1.49. The first-order chi connectivity index (χ1) is 11.8. The third kappa shape index (κ3) is 2.89. The van der Waals surface area contributed by atoms with Gasteiger partial charge in [0.15, 0.2) is 5.76 Å². The van der Waals surface area contributed by atoms with Gasteiger partial charge in [-0.05, 0) is 17.7 Å². The van der Waals surface area contributed by atoms with Crippen molar-refractivity contribution in [1.82, 2.24) is 10.2 Å². The molecular weight excluding hydrogens is 306 g/mol. The third-order valence-electron chi connectivity index (χ3n) is 3.52. The number of benzene rings is 2. The summed E-state index contributed by atoms with van der Waals surface area (Å²) in [5.41, 5.74) is 1.65. The van der Waals surface area contributed by atoms with Crippen molar-refractivity contribution >= 4 is 22.9 Å². The molecule has 4 aromatic rings. The molecule has 6 nitrogen and oxygen atoms in total. The second kappa shape index (κ2) is 6.00. The first kappa shape index (κ1) is 14.2. The summed E-state index contributed by atoms with van der Waals surface area (Å²) in [5, 5.41) is 11.3. The standard InChI is InChI=1S/C18H13N3O3/c22-16(10-12-6-2-1-3-7-12)19-18-21-20-17(24-18)15-11-13-8-4-5-9-14(13)23-15/h1-9,11H,10H2,(H,19,21,22). The molecule has 2 aromatic heterocycles. The lowest BCUT2D eigenvalue weighted by molar-refractivity contribution is -0.115. The highest BCUT2D eigenvalue weighted by Crippen LogP contribution is 2.27. The Morgan fingerprint density at radius 2 is 1.75 bits per heavy atom. The van der Waals surface area contributed by atoms with Gasteiger partial charge in [0.2, 0.25) is 5.91 Å². The Bertz CT molecular complexity index is 956. The zero-order valence-electron chi connectivity index (χ0n) is 12.6. The molecule has 0 aliphatic carbocycles. The smallest absolute Gasteiger partial charge is 0.322 e. The number of anilines is 1. The maximum Gasteiger partial charge on any atom is 0.322 e.